The van der Waals surface area contributed by atoms with Crippen molar-refractivity contribution in [2.45, 2.75) is 52.7 Å². The van der Waals surface area contributed by atoms with E-state index in [2.05, 4.69) is 10.6 Å². The van der Waals surface area contributed by atoms with E-state index in [4.69, 9.17) is 16.3 Å². The van der Waals surface area contributed by atoms with Crippen LogP contribution in [0.5, 0.6) is 0 Å². The lowest BCUT2D eigenvalue weighted by Crippen LogP contribution is -2.47. The molecule has 0 aliphatic carbocycles. The average molecular weight is 369 g/mol. The Hall–Kier alpha value is -1.59. The van der Waals surface area contributed by atoms with Crippen LogP contribution in [0.1, 0.15) is 50.9 Å². The molecule has 1 atom stereocenters. The molecule has 0 aliphatic rings. The second-order valence-corrected chi connectivity index (χ2v) is 7.16. The predicted molar refractivity (Wildman–Crippen MR) is 101 cm³/mol. The van der Waals surface area contributed by atoms with Gasteiger partial charge in [-0.2, -0.15) is 0 Å². The van der Waals surface area contributed by atoms with Crippen LogP contribution in [0.3, 0.4) is 0 Å². The lowest BCUT2D eigenvalue weighted by Gasteiger charge is -2.20. The van der Waals surface area contributed by atoms with E-state index in [1.165, 1.54) is 0 Å². The number of nitrogens with one attached hydrogen (secondary N) is 2. The van der Waals surface area contributed by atoms with Gasteiger partial charge in [-0.15, -0.1) is 0 Å². The van der Waals surface area contributed by atoms with Gasteiger partial charge in [0.25, 0.3) is 5.91 Å². The summed E-state index contributed by atoms with van der Waals surface area (Å²) in [5.41, 5.74) is 0.483. The Kier molecular flexibility index (Phi) is 9.53. The average Bonchev–Trinajstić information content (AvgIpc) is 2.53. The van der Waals surface area contributed by atoms with Crippen LogP contribution in [-0.4, -0.2) is 37.1 Å². The highest BCUT2D eigenvalue weighted by atomic mass is 35.5. The third kappa shape index (κ3) is 8.89. The summed E-state index contributed by atoms with van der Waals surface area (Å²) in [6.45, 7) is 9.12. The van der Waals surface area contributed by atoms with Gasteiger partial charge in [0.15, 0.2) is 0 Å². The first-order valence-corrected chi connectivity index (χ1v) is 9.13. The second kappa shape index (κ2) is 11.1. The third-order valence-electron chi connectivity index (χ3n) is 3.51. The van der Waals surface area contributed by atoms with Crippen LogP contribution in [0.2, 0.25) is 5.02 Å². The molecule has 2 amide bonds. The molecule has 0 spiro atoms. The zero-order valence-corrected chi connectivity index (χ0v) is 16.2. The van der Waals surface area contributed by atoms with E-state index in [1.54, 1.807) is 24.3 Å². The smallest absolute Gasteiger partial charge is 0.251 e. The molecular weight excluding hydrogens is 340 g/mol. The van der Waals surface area contributed by atoms with Crippen LogP contribution in [0.25, 0.3) is 0 Å². The van der Waals surface area contributed by atoms with Crippen LogP contribution >= 0.6 is 11.6 Å². The third-order valence-corrected chi connectivity index (χ3v) is 3.76. The van der Waals surface area contributed by atoms with Crippen molar-refractivity contribution >= 4 is 23.4 Å². The summed E-state index contributed by atoms with van der Waals surface area (Å²) in [5.74, 6) is -0.160. The van der Waals surface area contributed by atoms with E-state index in [0.29, 0.717) is 30.2 Å². The molecule has 1 rings (SSSR count). The molecule has 0 fully saturated rings. The van der Waals surface area contributed by atoms with Gasteiger partial charge in [0.1, 0.15) is 6.04 Å². The minimum absolute atomic E-state index is 0.166. The molecule has 1 aromatic carbocycles. The summed E-state index contributed by atoms with van der Waals surface area (Å²) in [7, 11) is 0. The maximum Gasteiger partial charge on any atom is 0.251 e. The highest BCUT2D eigenvalue weighted by Crippen LogP contribution is 2.11. The number of amides is 2. The van der Waals surface area contributed by atoms with Gasteiger partial charge in [-0.3, -0.25) is 9.59 Å². The number of hydrogen-bond donors (Lipinski definition) is 2. The molecule has 0 bridgehead atoms. The fourth-order valence-corrected chi connectivity index (χ4v) is 2.40. The van der Waals surface area contributed by atoms with Crippen LogP contribution < -0.4 is 10.6 Å². The molecule has 6 heteroatoms. The number of carbonyl (C=O) groups is 2. The van der Waals surface area contributed by atoms with Crippen LogP contribution in [0.4, 0.5) is 0 Å². The monoisotopic (exact) mass is 368 g/mol. The van der Waals surface area contributed by atoms with Gasteiger partial charge in [-0.05, 0) is 56.9 Å². The Labute approximate surface area is 155 Å². The van der Waals surface area contributed by atoms with Gasteiger partial charge in [0.2, 0.25) is 5.91 Å². The minimum atomic E-state index is -0.561. The minimum Gasteiger partial charge on any atom is -0.379 e. The maximum atomic E-state index is 12.4. The largest absolute Gasteiger partial charge is 0.379 e. The fourth-order valence-electron chi connectivity index (χ4n) is 2.27. The summed E-state index contributed by atoms with van der Waals surface area (Å²) in [4.78, 5) is 24.8. The van der Waals surface area contributed by atoms with Crippen molar-refractivity contribution in [1.29, 1.82) is 0 Å². The molecule has 25 heavy (non-hydrogen) atoms. The zero-order chi connectivity index (χ0) is 18.8. The summed E-state index contributed by atoms with van der Waals surface area (Å²) in [6.07, 6.45) is 1.50. The normalized spacial score (nSPS) is 12.3. The van der Waals surface area contributed by atoms with Crippen molar-refractivity contribution in [3.63, 3.8) is 0 Å². The first-order valence-electron chi connectivity index (χ1n) is 8.75. The second-order valence-electron chi connectivity index (χ2n) is 6.73. The first-order chi connectivity index (χ1) is 11.8. The number of halogens is 1. The summed E-state index contributed by atoms with van der Waals surface area (Å²) >= 11 is 5.84. The molecule has 1 unspecified atom stereocenters. The highest BCUT2D eigenvalue weighted by Gasteiger charge is 2.22. The number of carbonyl (C=O) groups excluding carboxylic acids is 2. The molecule has 1 aromatic rings. The van der Waals surface area contributed by atoms with E-state index in [0.717, 1.165) is 6.42 Å². The van der Waals surface area contributed by atoms with Crippen molar-refractivity contribution in [2.75, 3.05) is 13.2 Å². The van der Waals surface area contributed by atoms with Crippen molar-refractivity contribution in [3.8, 4) is 0 Å². The van der Waals surface area contributed by atoms with Crippen molar-refractivity contribution in [2.24, 2.45) is 5.92 Å². The van der Waals surface area contributed by atoms with Gasteiger partial charge in [-0.1, -0.05) is 25.4 Å². The zero-order valence-electron chi connectivity index (χ0n) is 15.5. The molecule has 0 saturated carbocycles. The lowest BCUT2D eigenvalue weighted by atomic mass is 10.0. The first kappa shape index (κ1) is 21.5. The Morgan fingerprint density at radius 1 is 1.12 bits per heavy atom. The van der Waals surface area contributed by atoms with E-state index in [1.807, 2.05) is 27.7 Å². The predicted octanol–water partition coefficient (Wildman–Crippen LogP) is 3.42. The van der Waals surface area contributed by atoms with Gasteiger partial charge >= 0.3 is 0 Å². The quantitative estimate of drug-likeness (QED) is 0.622. The van der Waals surface area contributed by atoms with E-state index in [9.17, 15) is 9.59 Å². The van der Waals surface area contributed by atoms with Gasteiger partial charge in [-0.25, -0.2) is 0 Å². The fraction of sp³-hybridized carbons (Fsp3) is 0.579. The molecular formula is C19H29ClN2O3. The Morgan fingerprint density at radius 3 is 2.32 bits per heavy atom. The van der Waals surface area contributed by atoms with E-state index < -0.39 is 6.04 Å². The van der Waals surface area contributed by atoms with Gasteiger partial charge in [0, 0.05) is 23.7 Å². The summed E-state index contributed by atoms with van der Waals surface area (Å²) in [6, 6.07) is 6.04. The Bertz CT molecular complexity index is 544. The van der Waals surface area contributed by atoms with Crippen molar-refractivity contribution < 1.29 is 14.3 Å². The molecule has 2 N–H and O–H groups in total. The molecule has 0 aliphatic heterocycles. The lowest BCUT2D eigenvalue weighted by molar-refractivity contribution is -0.123. The summed E-state index contributed by atoms with van der Waals surface area (Å²) in [5, 5.41) is 6.26. The highest BCUT2D eigenvalue weighted by molar-refractivity contribution is 6.30. The van der Waals surface area contributed by atoms with Crippen LogP contribution in [0.15, 0.2) is 24.3 Å². The molecule has 0 radical (unpaired) electrons. The number of rotatable bonds is 10. The van der Waals surface area contributed by atoms with E-state index in [-0.39, 0.29) is 23.8 Å². The van der Waals surface area contributed by atoms with Crippen LogP contribution in [-0.2, 0) is 9.53 Å². The standard InChI is InChI=1S/C19H29ClN2O3/c1-13(2)12-17(19(24)21-10-5-11-25-14(3)4)22-18(23)15-6-8-16(20)9-7-15/h6-9,13-14,17H,5,10-12H2,1-4H3,(H,21,24)(H,22,23). The molecule has 0 heterocycles. The Morgan fingerprint density at radius 2 is 1.76 bits per heavy atom. The molecule has 0 saturated heterocycles. The summed E-state index contributed by atoms with van der Waals surface area (Å²) < 4.78 is 5.45. The number of hydrogen-bond acceptors (Lipinski definition) is 3. The SMILES string of the molecule is CC(C)CC(NC(=O)c1ccc(Cl)cc1)C(=O)NCCCOC(C)C. The molecule has 140 valence electrons. The number of ether oxygens (including phenoxy) is 1. The number of benzene rings is 1. The van der Waals surface area contributed by atoms with Crippen molar-refractivity contribution in [3.05, 3.63) is 34.9 Å². The topological polar surface area (TPSA) is 67.4 Å². The van der Waals surface area contributed by atoms with Gasteiger partial charge in [0.05, 0.1) is 6.10 Å². The van der Waals surface area contributed by atoms with Crippen LogP contribution in [0, 0.1) is 5.92 Å². The van der Waals surface area contributed by atoms with Gasteiger partial charge < -0.3 is 15.4 Å². The Balaban J connectivity index is 2.55. The maximum absolute atomic E-state index is 12.4. The van der Waals surface area contributed by atoms with E-state index >= 15 is 0 Å². The van der Waals surface area contributed by atoms with Crippen molar-refractivity contribution in [1.82, 2.24) is 10.6 Å². The molecule has 0 aromatic heterocycles. The molecule has 5 nitrogen and oxygen atoms in total.